The van der Waals surface area contributed by atoms with Gasteiger partial charge in [0.2, 0.25) is 5.76 Å². The molecule has 1 heterocycles. The van der Waals surface area contributed by atoms with Crippen molar-refractivity contribution in [3.8, 4) is 0 Å². The van der Waals surface area contributed by atoms with Crippen LogP contribution in [0.4, 0.5) is 8.78 Å². The third-order valence-electron chi connectivity index (χ3n) is 2.10. The number of aromatic nitrogens is 1. The molecule has 0 aliphatic heterocycles. The SMILES string of the molecule is Cc1nc(C)c(C(=O)N(CCBr)CC(F)F)o1. The van der Waals surface area contributed by atoms with E-state index in [0.29, 0.717) is 16.9 Å². The Morgan fingerprint density at radius 2 is 2.18 bits per heavy atom. The summed E-state index contributed by atoms with van der Waals surface area (Å²) in [6.45, 7) is 2.80. The van der Waals surface area contributed by atoms with Gasteiger partial charge in [-0.05, 0) is 6.92 Å². The molecule has 0 unspecified atom stereocenters. The molecule has 0 saturated carbocycles. The Kier molecular flexibility index (Phi) is 5.04. The van der Waals surface area contributed by atoms with Crippen molar-refractivity contribution in [1.82, 2.24) is 9.88 Å². The highest BCUT2D eigenvalue weighted by Crippen LogP contribution is 2.13. The second kappa shape index (κ2) is 6.09. The van der Waals surface area contributed by atoms with Crippen LogP contribution in [-0.4, -0.2) is 40.6 Å². The summed E-state index contributed by atoms with van der Waals surface area (Å²) in [4.78, 5) is 16.9. The number of carbonyl (C=O) groups excluding carboxylic acids is 1. The van der Waals surface area contributed by atoms with Gasteiger partial charge in [-0.2, -0.15) is 0 Å². The van der Waals surface area contributed by atoms with E-state index in [0.717, 1.165) is 4.90 Å². The van der Waals surface area contributed by atoms with E-state index in [4.69, 9.17) is 4.42 Å². The fourth-order valence-corrected chi connectivity index (χ4v) is 1.85. The normalized spacial score (nSPS) is 10.9. The maximum Gasteiger partial charge on any atom is 0.291 e. The van der Waals surface area contributed by atoms with E-state index in [-0.39, 0.29) is 12.3 Å². The molecule has 0 spiro atoms. The van der Waals surface area contributed by atoms with Gasteiger partial charge in [0.25, 0.3) is 12.3 Å². The summed E-state index contributed by atoms with van der Waals surface area (Å²) in [5, 5.41) is 0.428. The quantitative estimate of drug-likeness (QED) is 0.785. The van der Waals surface area contributed by atoms with E-state index in [2.05, 4.69) is 20.9 Å². The maximum absolute atomic E-state index is 12.3. The first kappa shape index (κ1) is 14.1. The van der Waals surface area contributed by atoms with Crippen molar-refractivity contribution in [2.75, 3.05) is 18.4 Å². The summed E-state index contributed by atoms with van der Waals surface area (Å²) in [6, 6.07) is 0. The third kappa shape index (κ3) is 3.76. The summed E-state index contributed by atoms with van der Waals surface area (Å²) in [6.07, 6.45) is -2.57. The minimum absolute atomic E-state index is 0.0316. The fourth-order valence-electron chi connectivity index (χ4n) is 1.42. The molecule has 1 aromatic heterocycles. The largest absolute Gasteiger partial charge is 0.436 e. The molecule has 0 radical (unpaired) electrons. The molecule has 4 nitrogen and oxygen atoms in total. The summed E-state index contributed by atoms with van der Waals surface area (Å²) in [5.41, 5.74) is 0.418. The van der Waals surface area contributed by atoms with Crippen molar-refractivity contribution in [2.45, 2.75) is 20.3 Å². The van der Waals surface area contributed by atoms with E-state index in [1.807, 2.05) is 0 Å². The molecule has 7 heteroatoms. The molecule has 0 aliphatic carbocycles. The molecule has 0 fully saturated rings. The zero-order valence-corrected chi connectivity index (χ0v) is 11.1. The van der Waals surface area contributed by atoms with Crippen LogP contribution in [-0.2, 0) is 0 Å². The van der Waals surface area contributed by atoms with Crippen LogP contribution in [0.5, 0.6) is 0 Å². The van der Waals surface area contributed by atoms with Gasteiger partial charge in [-0.3, -0.25) is 4.79 Å². The lowest BCUT2D eigenvalue weighted by atomic mass is 10.3. The van der Waals surface area contributed by atoms with E-state index in [1.165, 1.54) is 0 Å². The molecule has 1 aromatic rings. The van der Waals surface area contributed by atoms with Crippen LogP contribution in [0.3, 0.4) is 0 Å². The number of hydrogen-bond donors (Lipinski definition) is 0. The monoisotopic (exact) mass is 310 g/mol. The molecule has 17 heavy (non-hydrogen) atoms. The molecular weight excluding hydrogens is 298 g/mol. The predicted molar refractivity (Wildman–Crippen MR) is 61.7 cm³/mol. The van der Waals surface area contributed by atoms with Crippen LogP contribution >= 0.6 is 15.9 Å². The average Bonchev–Trinajstić information content (AvgIpc) is 2.55. The second-order valence-electron chi connectivity index (χ2n) is 3.48. The molecule has 0 aromatic carbocycles. The number of carbonyl (C=O) groups is 1. The number of nitrogens with zero attached hydrogens (tertiary/aromatic N) is 2. The van der Waals surface area contributed by atoms with Crippen molar-refractivity contribution >= 4 is 21.8 Å². The molecule has 0 saturated heterocycles. The Balaban J connectivity index is 2.87. The minimum Gasteiger partial charge on any atom is -0.436 e. The van der Waals surface area contributed by atoms with Crippen molar-refractivity contribution in [3.63, 3.8) is 0 Å². The molecule has 1 amide bonds. The Labute approximate surface area is 106 Å². The number of aryl methyl sites for hydroxylation is 2. The first-order valence-electron chi connectivity index (χ1n) is 5.03. The maximum atomic E-state index is 12.3. The Morgan fingerprint density at radius 3 is 2.59 bits per heavy atom. The molecule has 1 rings (SSSR count). The zero-order valence-electron chi connectivity index (χ0n) is 9.54. The lowest BCUT2D eigenvalue weighted by molar-refractivity contribution is 0.0543. The van der Waals surface area contributed by atoms with Gasteiger partial charge >= 0.3 is 0 Å². The van der Waals surface area contributed by atoms with Crippen LogP contribution in [0.1, 0.15) is 22.1 Å². The van der Waals surface area contributed by atoms with E-state index in [1.54, 1.807) is 13.8 Å². The number of halogens is 3. The van der Waals surface area contributed by atoms with Crippen LogP contribution < -0.4 is 0 Å². The van der Waals surface area contributed by atoms with E-state index in [9.17, 15) is 13.6 Å². The highest BCUT2D eigenvalue weighted by Gasteiger charge is 2.24. The molecule has 0 N–H and O–H groups in total. The van der Waals surface area contributed by atoms with Crippen molar-refractivity contribution < 1.29 is 18.0 Å². The minimum atomic E-state index is -2.57. The molecule has 0 aliphatic rings. The zero-order chi connectivity index (χ0) is 13.0. The lowest BCUT2D eigenvalue weighted by Gasteiger charge is -2.19. The lowest BCUT2D eigenvalue weighted by Crippen LogP contribution is -2.36. The fraction of sp³-hybridized carbons (Fsp3) is 0.600. The summed E-state index contributed by atoms with van der Waals surface area (Å²) < 4.78 is 29.8. The van der Waals surface area contributed by atoms with E-state index < -0.39 is 18.9 Å². The Morgan fingerprint density at radius 1 is 1.53 bits per heavy atom. The van der Waals surface area contributed by atoms with Gasteiger partial charge in [0.1, 0.15) is 0 Å². The third-order valence-corrected chi connectivity index (χ3v) is 2.45. The van der Waals surface area contributed by atoms with Gasteiger partial charge in [0, 0.05) is 18.8 Å². The number of amides is 1. The van der Waals surface area contributed by atoms with Crippen molar-refractivity contribution in [3.05, 3.63) is 17.3 Å². The topological polar surface area (TPSA) is 46.3 Å². The number of oxazole rings is 1. The van der Waals surface area contributed by atoms with Crippen LogP contribution in [0.25, 0.3) is 0 Å². The smallest absolute Gasteiger partial charge is 0.291 e. The van der Waals surface area contributed by atoms with Gasteiger partial charge < -0.3 is 9.32 Å². The highest BCUT2D eigenvalue weighted by molar-refractivity contribution is 9.09. The van der Waals surface area contributed by atoms with Crippen molar-refractivity contribution in [2.24, 2.45) is 0 Å². The summed E-state index contributed by atoms with van der Waals surface area (Å²) in [5.74, 6) is -0.173. The standard InChI is InChI=1S/C10H13BrF2N2O2/c1-6-9(17-7(2)14-6)10(16)15(4-3-11)5-8(12)13/h8H,3-5H2,1-2H3. The number of rotatable bonds is 5. The van der Waals surface area contributed by atoms with Gasteiger partial charge in [-0.1, -0.05) is 15.9 Å². The number of alkyl halides is 3. The Hall–Kier alpha value is -0.980. The summed E-state index contributed by atoms with van der Waals surface area (Å²) >= 11 is 3.12. The highest BCUT2D eigenvalue weighted by atomic mass is 79.9. The first-order chi connectivity index (χ1) is 7.95. The van der Waals surface area contributed by atoms with Gasteiger partial charge in [0.05, 0.1) is 12.2 Å². The Bertz CT molecular complexity index is 396. The number of hydrogen-bond acceptors (Lipinski definition) is 3. The second-order valence-corrected chi connectivity index (χ2v) is 4.27. The molecule has 0 bridgehead atoms. The van der Waals surface area contributed by atoms with Crippen LogP contribution in [0, 0.1) is 13.8 Å². The van der Waals surface area contributed by atoms with Gasteiger partial charge in [-0.25, -0.2) is 13.8 Å². The van der Waals surface area contributed by atoms with Crippen LogP contribution in [0.15, 0.2) is 4.42 Å². The predicted octanol–water partition coefficient (Wildman–Crippen LogP) is 2.39. The average molecular weight is 311 g/mol. The molecule has 96 valence electrons. The van der Waals surface area contributed by atoms with E-state index >= 15 is 0 Å². The molecular formula is C10H13BrF2N2O2. The van der Waals surface area contributed by atoms with Gasteiger partial charge in [0.15, 0.2) is 5.89 Å². The van der Waals surface area contributed by atoms with Crippen molar-refractivity contribution in [1.29, 1.82) is 0 Å². The summed E-state index contributed by atoms with van der Waals surface area (Å²) in [7, 11) is 0. The molecule has 0 atom stereocenters. The van der Waals surface area contributed by atoms with Crippen LogP contribution in [0.2, 0.25) is 0 Å². The van der Waals surface area contributed by atoms with Gasteiger partial charge in [-0.15, -0.1) is 0 Å². The first-order valence-corrected chi connectivity index (χ1v) is 6.15.